The zero-order valence-corrected chi connectivity index (χ0v) is 5.87. The molecule has 4 heteroatoms. The predicted molar refractivity (Wildman–Crippen MR) is 39.2 cm³/mol. The van der Waals surface area contributed by atoms with E-state index in [0.29, 0.717) is 6.42 Å². The lowest BCUT2D eigenvalue weighted by molar-refractivity contribution is 0.984. The van der Waals surface area contributed by atoms with Gasteiger partial charge in [0, 0.05) is 12.2 Å². The minimum Gasteiger partial charge on any atom is -0.379 e. The molecule has 50 valence electrons. The van der Waals surface area contributed by atoms with Gasteiger partial charge in [0.05, 0.1) is 6.07 Å². The number of unbranched alkanes of at least 4 members (excludes halogenated alkanes) is 1. The van der Waals surface area contributed by atoms with E-state index in [0.717, 1.165) is 12.2 Å². The SMILES string of the molecule is N=[13C]([15NH2])SCCC[13C]#[15N]. The van der Waals surface area contributed by atoms with E-state index in [2.05, 4.69) is 0 Å². The summed E-state index contributed by atoms with van der Waals surface area (Å²) < 4.78 is 0. The van der Waals surface area contributed by atoms with Crippen molar-refractivity contribution in [1.29, 1.82) is 10.7 Å². The van der Waals surface area contributed by atoms with Crippen LogP contribution in [0.3, 0.4) is 0 Å². The second-order valence-electron chi connectivity index (χ2n) is 1.47. The Hall–Kier alpha value is -0.690. The monoisotopic (exact) mass is 147 g/mol. The number of hydrogen-bond acceptors (Lipinski definition) is 3. The first-order chi connectivity index (χ1) is 4.27. The summed E-state index contributed by atoms with van der Waals surface area (Å²) in [5, 5.41) is 15.0. The molecule has 0 fully saturated rings. The fraction of sp³-hybridized carbons (Fsp3) is 0.600. The second kappa shape index (κ2) is 5.45. The highest BCUT2D eigenvalue weighted by molar-refractivity contribution is 8.13. The summed E-state index contributed by atoms with van der Waals surface area (Å²) in [6.07, 6.45) is 1.38. The van der Waals surface area contributed by atoms with Crippen molar-refractivity contribution in [2.45, 2.75) is 12.8 Å². The summed E-state index contributed by atoms with van der Waals surface area (Å²) >= 11 is 1.28. The Morgan fingerprint density at radius 1 is 1.78 bits per heavy atom. The number of nitriles is 1. The molecule has 0 aromatic heterocycles. The highest BCUT2D eigenvalue weighted by atomic mass is 32.2. The van der Waals surface area contributed by atoms with E-state index in [9.17, 15) is 0 Å². The van der Waals surface area contributed by atoms with E-state index in [1.807, 2.05) is 6.07 Å². The average molecular weight is 147 g/mol. The maximum absolute atomic E-state index is 8.09. The van der Waals surface area contributed by atoms with E-state index >= 15 is 0 Å². The Labute approximate surface area is 58.7 Å². The molecule has 9 heavy (non-hydrogen) atoms. The third kappa shape index (κ3) is 7.31. The van der Waals surface area contributed by atoms with E-state index in [1.165, 1.54) is 11.8 Å². The fourth-order valence-electron chi connectivity index (χ4n) is 0.333. The lowest BCUT2D eigenvalue weighted by Gasteiger charge is -1.92. The van der Waals surface area contributed by atoms with Crippen molar-refractivity contribution in [2.24, 2.45) is 5.73 Å². The van der Waals surface area contributed by atoms with Crippen LogP contribution in [0.15, 0.2) is 0 Å². The molecule has 0 spiro atoms. The van der Waals surface area contributed by atoms with Crippen LogP contribution in [0.2, 0.25) is 0 Å². The van der Waals surface area contributed by atoms with Gasteiger partial charge in [-0.15, -0.1) is 0 Å². The number of rotatable bonds is 3. The summed E-state index contributed by atoms with van der Waals surface area (Å²) in [6, 6.07) is 2.02. The van der Waals surface area contributed by atoms with Gasteiger partial charge in [-0.3, -0.25) is 5.41 Å². The topological polar surface area (TPSA) is 73.7 Å². The van der Waals surface area contributed by atoms with Gasteiger partial charge in [0.2, 0.25) is 0 Å². The molecular weight excluding hydrogens is 138 g/mol. The van der Waals surface area contributed by atoms with Crippen molar-refractivity contribution < 1.29 is 0 Å². The molecule has 0 radical (unpaired) electrons. The van der Waals surface area contributed by atoms with E-state index < -0.39 is 0 Å². The Bertz CT molecular complexity index is 127. The van der Waals surface area contributed by atoms with Gasteiger partial charge in [-0.2, -0.15) is 5.26 Å². The van der Waals surface area contributed by atoms with Crippen molar-refractivity contribution in [1.82, 2.24) is 0 Å². The third-order valence-corrected chi connectivity index (χ3v) is 1.49. The summed E-state index contributed by atoms with van der Waals surface area (Å²) in [6.45, 7) is 0. The molecular formula is C5H9N3S. The smallest absolute Gasteiger partial charge is 0.151 e. The molecule has 0 rings (SSSR count). The minimum absolute atomic E-state index is 0.132. The van der Waals surface area contributed by atoms with Gasteiger partial charge in [-0.25, -0.2) is 0 Å². The lowest BCUT2D eigenvalue weighted by Crippen LogP contribution is -2.04. The molecule has 0 heterocycles. The second-order valence-corrected chi connectivity index (χ2v) is 2.61. The molecule has 0 atom stereocenters. The quantitative estimate of drug-likeness (QED) is 0.205. The first-order valence-corrected chi connectivity index (χ1v) is 3.59. The van der Waals surface area contributed by atoms with Gasteiger partial charge in [0.1, 0.15) is 0 Å². The third-order valence-electron chi connectivity index (χ3n) is 0.690. The van der Waals surface area contributed by atoms with Gasteiger partial charge in [0.25, 0.3) is 0 Å². The zero-order valence-electron chi connectivity index (χ0n) is 5.05. The fourth-order valence-corrected chi connectivity index (χ4v) is 0.842. The molecule has 0 saturated heterocycles. The van der Waals surface area contributed by atoms with E-state index in [-0.39, 0.29) is 5.17 Å². The summed E-state index contributed by atoms with van der Waals surface area (Å²) in [7, 11) is 0. The van der Waals surface area contributed by atoms with Crippen LogP contribution in [0, 0.1) is 16.7 Å². The molecule has 3 nitrogen and oxygen atoms in total. The van der Waals surface area contributed by atoms with Gasteiger partial charge in [-0.05, 0) is 6.42 Å². The number of amidine groups is 1. The van der Waals surface area contributed by atoms with Crippen LogP contribution in [-0.2, 0) is 0 Å². The van der Waals surface area contributed by atoms with Crippen LogP contribution in [0.1, 0.15) is 12.8 Å². The minimum atomic E-state index is 0.132. The summed E-state index contributed by atoms with van der Waals surface area (Å²) in [5.41, 5.74) is 5.04. The molecule has 0 saturated carbocycles. The van der Waals surface area contributed by atoms with Gasteiger partial charge in [-0.1, -0.05) is 11.8 Å². The van der Waals surface area contributed by atoms with Crippen molar-refractivity contribution >= 4 is 16.9 Å². The van der Waals surface area contributed by atoms with Crippen LogP contribution in [0.4, 0.5) is 0 Å². The van der Waals surface area contributed by atoms with Gasteiger partial charge < -0.3 is 5.73 Å². The summed E-state index contributed by atoms with van der Waals surface area (Å²) in [5.74, 6) is 0.781. The average Bonchev–Trinajstić information content (AvgIpc) is 1.80. The molecule has 3 N–H and O–H groups in total. The number of nitrogens with one attached hydrogen (secondary N) is 1. The van der Waals surface area contributed by atoms with Crippen LogP contribution in [0.5, 0.6) is 0 Å². The molecule has 0 aliphatic heterocycles. The number of hydrogen-bond donors (Lipinski definition) is 2. The molecule has 0 aliphatic rings. The first-order valence-electron chi connectivity index (χ1n) is 2.61. The Balaban J connectivity index is 2.94. The van der Waals surface area contributed by atoms with Crippen LogP contribution < -0.4 is 5.73 Å². The van der Waals surface area contributed by atoms with Crippen molar-refractivity contribution in [2.75, 3.05) is 5.75 Å². The molecule has 0 bridgehead atoms. The zero-order chi connectivity index (χ0) is 7.11. The Morgan fingerprint density at radius 2 is 2.44 bits per heavy atom. The molecule has 0 aliphatic carbocycles. The van der Waals surface area contributed by atoms with Crippen LogP contribution in [0.25, 0.3) is 0 Å². The largest absolute Gasteiger partial charge is 0.379 e. The maximum Gasteiger partial charge on any atom is 0.151 e. The van der Waals surface area contributed by atoms with Crippen LogP contribution >= 0.6 is 11.8 Å². The number of nitrogens with two attached hydrogens (primary N) is 1. The molecule has 0 aromatic carbocycles. The van der Waals surface area contributed by atoms with Crippen LogP contribution in [-0.4, -0.2) is 10.9 Å². The number of nitrogens with zero attached hydrogens (tertiary/aromatic N) is 1. The summed E-state index contributed by atoms with van der Waals surface area (Å²) in [4.78, 5) is 0. The van der Waals surface area contributed by atoms with Crippen molar-refractivity contribution in [3.63, 3.8) is 0 Å². The molecule has 0 aromatic rings. The highest BCUT2D eigenvalue weighted by Gasteiger charge is 1.89. The van der Waals surface area contributed by atoms with E-state index in [1.54, 1.807) is 0 Å². The van der Waals surface area contributed by atoms with Crippen molar-refractivity contribution in [3.05, 3.63) is 0 Å². The molecule has 0 amide bonds. The maximum atomic E-state index is 8.09. The van der Waals surface area contributed by atoms with E-state index in [4.69, 9.17) is 16.4 Å². The first kappa shape index (κ1) is 8.31. The standard InChI is InChI=1S/C5H9N3S/c6-3-1-2-4-9-5(7)8/h1-2,4H2,(H3,7,8)/i3+1,5+1,6+1,7+1. The Morgan fingerprint density at radius 3 is 2.89 bits per heavy atom. The number of thioether (sulfide) groups is 1. The normalized spacial score (nSPS) is 8.33. The predicted octanol–water partition coefficient (Wildman–Crippen LogP) is 0.917. The lowest BCUT2D eigenvalue weighted by atomic mass is 10.5. The molecule has 0 unspecified atom stereocenters. The Kier molecular flexibility index (Phi) is 5.03. The van der Waals surface area contributed by atoms with Crippen molar-refractivity contribution in [3.8, 4) is 6.07 Å². The van der Waals surface area contributed by atoms with Gasteiger partial charge >= 0.3 is 0 Å². The highest BCUT2D eigenvalue weighted by Crippen LogP contribution is 2.01. The van der Waals surface area contributed by atoms with Gasteiger partial charge in [0.15, 0.2) is 5.17 Å².